The predicted octanol–water partition coefficient (Wildman–Crippen LogP) is 2.29. The minimum atomic E-state index is -2.97. The quantitative estimate of drug-likeness (QED) is 0.868. The highest BCUT2D eigenvalue weighted by atomic mass is 32.2. The maximum atomic E-state index is 12.0. The second-order valence-electron chi connectivity index (χ2n) is 5.21. The van der Waals surface area contributed by atoms with E-state index in [4.69, 9.17) is 0 Å². The van der Waals surface area contributed by atoms with Gasteiger partial charge in [-0.15, -0.1) is 0 Å². The highest BCUT2D eigenvalue weighted by Gasteiger charge is 2.31. The first-order valence-electron chi connectivity index (χ1n) is 6.50. The Morgan fingerprint density at radius 1 is 1.11 bits per heavy atom. The Hall–Kier alpha value is -1.39. The van der Waals surface area contributed by atoms with E-state index in [2.05, 4.69) is 29.6 Å². The van der Waals surface area contributed by atoms with Crippen LogP contribution in [0.5, 0.6) is 0 Å². The molecule has 1 aliphatic rings. The number of nitrogens with one attached hydrogen (secondary N) is 1. The number of hydrogen-bond donors (Lipinski definition) is 1. The van der Waals surface area contributed by atoms with Gasteiger partial charge in [0.1, 0.15) is 0 Å². The zero-order chi connectivity index (χ0) is 13.5. The van der Waals surface area contributed by atoms with Gasteiger partial charge in [-0.25, -0.2) is 8.42 Å². The summed E-state index contributed by atoms with van der Waals surface area (Å²) in [7, 11) is -2.97. The van der Waals surface area contributed by atoms with Crippen molar-refractivity contribution < 1.29 is 8.42 Å². The highest BCUT2D eigenvalue weighted by molar-refractivity contribution is 7.92. The molecule has 100 valence electrons. The van der Waals surface area contributed by atoms with Gasteiger partial charge < -0.3 is 5.32 Å². The molecule has 1 saturated heterocycles. The third kappa shape index (κ3) is 2.38. The smallest absolute Gasteiger partial charge is 0.156 e. The maximum Gasteiger partial charge on any atom is 0.156 e. The van der Waals surface area contributed by atoms with Crippen molar-refractivity contribution in [3.8, 4) is 0 Å². The lowest BCUT2D eigenvalue weighted by molar-refractivity contribution is 0.502. The van der Waals surface area contributed by atoms with E-state index in [1.807, 2.05) is 18.2 Å². The number of hydrogen-bond acceptors (Lipinski definition) is 3. The largest absolute Gasteiger partial charge is 0.308 e. The second kappa shape index (κ2) is 4.62. The van der Waals surface area contributed by atoms with Crippen LogP contribution in [0.2, 0.25) is 0 Å². The second-order valence-corrected chi connectivity index (χ2v) is 7.67. The molecule has 0 bridgehead atoms. The van der Waals surface area contributed by atoms with Gasteiger partial charge in [-0.2, -0.15) is 0 Å². The van der Waals surface area contributed by atoms with Gasteiger partial charge in [0.15, 0.2) is 9.84 Å². The molecule has 0 saturated carbocycles. The summed E-state index contributed by atoms with van der Waals surface area (Å²) in [5.41, 5.74) is 1.05. The average Bonchev–Trinajstić information content (AvgIpc) is 2.41. The lowest BCUT2D eigenvalue weighted by Crippen LogP contribution is -2.44. The molecule has 0 amide bonds. The van der Waals surface area contributed by atoms with Gasteiger partial charge in [-0.1, -0.05) is 36.4 Å². The fourth-order valence-corrected chi connectivity index (χ4v) is 3.98. The van der Waals surface area contributed by atoms with Gasteiger partial charge in [0.25, 0.3) is 0 Å². The van der Waals surface area contributed by atoms with Gasteiger partial charge in [0.05, 0.1) is 11.0 Å². The summed E-state index contributed by atoms with van der Waals surface area (Å²) >= 11 is 0. The average molecular weight is 275 g/mol. The summed E-state index contributed by atoms with van der Waals surface area (Å²) in [6.45, 7) is 2.29. The first-order chi connectivity index (χ1) is 9.06. The zero-order valence-corrected chi connectivity index (χ0v) is 11.7. The molecule has 0 aromatic heterocycles. The van der Waals surface area contributed by atoms with Gasteiger partial charge >= 0.3 is 0 Å². The Morgan fingerprint density at radius 2 is 1.84 bits per heavy atom. The fourth-order valence-electron chi connectivity index (χ4n) is 2.53. The molecule has 0 radical (unpaired) electrons. The van der Waals surface area contributed by atoms with E-state index in [0.29, 0.717) is 6.54 Å². The Kier molecular flexibility index (Phi) is 3.07. The van der Waals surface area contributed by atoms with E-state index in [0.717, 1.165) is 10.9 Å². The Bertz CT molecular complexity index is 709. The molecule has 2 unspecified atom stereocenters. The summed E-state index contributed by atoms with van der Waals surface area (Å²) < 4.78 is 24.0. The number of fused-ring (bicyclic) bond motifs is 1. The van der Waals surface area contributed by atoms with E-state index < -0.39 is 9.84 Å². The molecule has 1 N–H and O–H groups in total. The summed E-state index contributed by atoms with van der Waals surface area (Å²) in [4.78, 5) is 0. The van der Waals surface area contributed by atoms with Crippen molar-refractivity contribution in [1.29, 1.82) is 0 Å². The lowest BCUT2D eigenvalue weighted by Gasteiger charge is -2.28. The number of sulfone groups is 1. The van der Waals surface area contributed by atoms with Crippen LogP contribution in [0.15, 0.2) is 42.5 Å². The van der Waals surface area contributed by atoms with Gasteiger partial charge in [0.2, 0.25) is 0 Å². The molecule has 0 aliphatic carbocycles. The minimum Gasteiger partial charge on any atom is -0.308 e. The topological polar surface area (TPSA) is 46.2 Å². The number of benzene rings is 2. The van der Waals surface area contributed by atoms with Crippen LogP contribution in [-0.4, -0.2) is 26.0 Å². The van der Waals surface area contributed by atoms with Crippen LogP contribution >= 0.6 is 0 Å². The predicted molar refractivity (Wildman–Crippen MR) is 77.9 cm³/mol. The molecule has 4 heteroatoms. The Balaban J connectivity index is 1.96. The van der Waals surface area contributed by atoms with E-state index in [-0.39, 0.29) is 17.0 Å². The standard InChI is InChI=1S/C15H17NO2S/c1-11-9-16-15(10-19(11,17)18)14-7-6-12-4-2-3-5-13(12)8-14/h2-8,11,15-16H,9-10H2,1H3. The molecule has 3 rings (SSSR count). The van der Waals surface area contributed by atoms with Crippen molar-refractivity contribution >= 4 is 20.6 Å². The fraction of sp³-hybridized carbons (Fsp3) is 0.333. The van der Waals surface area contributed by atoms with Gasteiger partial charge in [0, 0.05) is 12.6 Å². The van der Waals surface area contributed by atoms with Crippen LogP contribution in [0.3, 0.4) is 0 Å². The Morgan fingerprint density at radius 3 is 2.58 bits per heavy atom. The lowest BCUT2D eigenvalue weighted by atomic mass is 10.0. The minimum absolute atomic E-state index is 0.0918. The molecule has 1 heterocycles. The number of rotatable bonds is 1. The summed E-state index contributed by atoms with van der Waals surface area (Å²) in [5.74, 6) is 0.187. The molecule has 3 nitrogen and oxygen atoms in total. The monoisotopic (exact) mass is 275 g/mol. The zero-order valence-electron chi connectivity index (χ0n) is 10.8. The molecular formula is C15H17NO2S. The first-order valence-corrected chi connectivity index (χ1v) is 8.21. The SMILES string of the molecule is CC1CNC(c2ccc3ccccc3c2)CS1(=O)=O. The van der Waals surface area contributed by atoms with Crippen LogP contribution in [0, 0.1) is 0 Å². The highest BCUT2D eigenvalue weighted by Crippen LogP contribution is 2.25. The van der Waals surface area contributed by atoms with Crippen LogP contribution in [0.25, 0.3) is 10.8 Å². The first kappa shape index (κ1) is 12.6. The Labute approximate surface area is 113 Å². The van der Waals surface area contributed by atoms with E-state index in [1.54, 1.807) is 6.92 Å². The van der Waals surface area contributed by atoms with Crippen molar-refractivity contribution in [2.75, 3.05) is 12.3 Å². The molecule has 1 aliphatic heterocycles. The van der Waals surface area contributed by atoms with Crippen molar-refractivity contribution in [2.24, 2.45) is 0 Å². The molecule has 2 aromatic rings. The summed E-state index contributed by atoms with van der Waals surface area (Å²) in [6, 6.07) is 14.2. The summed E-state index contributed by atoms with van der Waals surface area (Å²) in [5, 5.41) is 5.37. The molecular weight excluding hydrogens is 258 g/mol. The molecule has 0 spiro atoms. The van der Waals surface area contributed by atoms with Crippen LogP contribution < -0.4 is 5.32 Å². The van der Waals surface area contributed by atoms with Crippen LogP contribution in [0.1, 0.15) is 18.5 Å². The molecule has 2 atom stereocenters. The van der Waals surface area contributed by atoms with Crippen LogP contribution in [0.4, 0.5) is 0 Å². The van der Waals surface area contributed by atoms with Crippen molar-refractivity contribution in [2.45, 2.75) is 18.2 Å². The van der Waals surface area contributed by atoms with Crippen LogP contribution in [-0.2, 0) is 9.84 Å². The van der Waals surface area contributed by atoms with Crippen molar-refractivity contribution in [1.82, 2.24) is 5.32 Å². The van der Waals surface area contributed by atoms with Crippen molar-refractivity contribution in [3.05, 3.63) is 48.0 Å². The van der Waals surface area contributed by atoms with E-state index in [9.17, 15) is 8.42 Å². The summed E-state index contributed by atoms with van der Waals surface area (Å²) in [6.07, 6.45) is 0. The van der Waals surface area contributed by atoms with Crippen molar-refractivity contribution in [3.63, 3.8) is 0 Å². The molecule has 2 aromatic carbocycles. The maximum absolute atomic E-state index is 12.0. The molecule has 1 fully saturated rings. The normalized spacial score (nSPS) is 26.4. The van der Waals surface area contributed by atoms with Gasteiger partial charge in [-0.3, -0.25) is 0 Å². The third-order valence-electron chi connectivity index (χ3n) is 3.84. The third-order valence-corrected chi connectivity index (χ3v) is 6.03. The van der Waals surface area contributed by atoms with Gasteiger partial charge in [-0.05, 0) is 29.3 Å². The molecule has 19 heavy (non-hydrogen) atoms. The van der Waals surface area contributed by atoms with E-state index >= 15 is 0 Å². The van der Waals surface area contributed by atoms with E-state index in [1.165, 1.54) is 5.39 Å².